The number of nitrogens with zero attached hydrogens (tertiary/aromatic N) is 2. The average Bonchev–Trinajstić information content (AvgIpc) is 3.19. The Morgan fingerprint density at radius 1 is 1.29 bits per heavy atom. The molecule has 1 atom stereocenters. The molecule has 0 radical (unpaired) electrons. The van der Waals surface area contributed by atoms with Gasteiger partial charge in [0.15, 0.2) is 23.2 Å². The minimum absolute atomic E-state index is 0.0266. The molecule has 3 aromatic rings. The van der Waals surface area contributed by atoms with Gasteiger partial charge >= 0.3 is 0 Å². The Labute approximate surface area is 170 Å². The van der Waals surface area contributed by atoms with Crippen LogP contribution in [0.1, 0.15) is 22.5 Å². The van der Waals surface area contributed by atoms with Gasteiger partial charge in [-0.15, -0.1) is 0 Å². The van der Waals surface area contributed by atoms with Gasteiger partial charge in [0.05, 0.1) is 22.5 Å². The third kappa shape index (κ3) is 4.27. The van der Waals surface area contributed by atoms with E-state index in [-0.39, 0.29) is 35.6 Å². The molecule has 148 valence electrons. The van der Waals surface area contributed by atoms with Crippen molar-refractivity contribution >= 4 is 29.0 Å². The van der Waals surface area contributed by atoms with Gasteiger partial charge in [0.1, 0.15) is 0 Å². The summed E-state index contributed by atoms with van der Waals surface area (Å²) < 4.78 is 33.4. The lowest BCUT2D eigenvalue weighted by Crippen LogP contribution is -2.20. The van der Waals surface area contributed by atoms with E-state index in [2.05, 4.69) is 5.10 Å². The van der Waals surface area contributed by atoms with Gasteiger partial charge in [-0.2, -0.15) is 5.10 Å². The van der Waals surface area contributed by atoms with E-state index in [0.717, 1.165) is 12.1 Å². The molecule has 2 heterocycles. The molecule has 0 aliphatic heterocycles. The molecule has 1 aromatic carbocycles. The van der Waals surface area contributed by atoms with Crippen molar-refractivity contribution in [2.75, 3.05) is 6.54 Å². The number of carbonyl (C=O) groups is 1. The minimum atomic E-state index is -0.935. The second-order valence-corrected chi connectivity index (χ2v) is 7.19. The van der Waals surface area contributed by atoms with Crippen molar-refractivity contribution in [3.05, 3.63) is 63.7 Å². The fourth-order valence-corrected chi connectivity index (χ4v) is 3.48. The molecule has 0 bridgehead atoms. The Morgan fingerprint density at radius 3 is 2.64 bits per heavy atom. The highest BCUT2D eigenvalue weighted by Gasteiger charge is 2.23. The fourth-order valence-electron chi connectivity index (χ4n) is 2.98. The zero-order valence-corrected chi connectivity index (χ0v) is 16.4. The lowest BCUT2D eigenvalue weighted by molar-refractivity contribution is 0.0935. The highest BCUT2D eigenvalue weighted by Crippen LogP contribution is 2.35. The van der Waals surface area contributed by atoms with Gasteiger partial charge < -0.3 is 10.2 Å². The van der Waals surface area contributed by atoms with Crippen molar-refractivity contribution in [1.29, 1.82) is 0 Å². The molecule has 0 saturated carbocycles. The quantitative estimate of drug-likeness (QED) is 0.556. The Kier molecular flexibility index (Phi) is 6.17. The van der Waals surface area contributed by atoms with Crippen molar-refractivity contribution < 1.29 is 18.0 Å². The number of hydrogen-bond acceptors (Lipinski definition) is 4. The lowest BCUT2D eigenvalue weighted by Gasteiger charge is -2.13. The summed E-state index contributed by atoms with van der Waals surface area (Å²) in [6.07, 6.45) is 1.86. The number of nitrogens with two attached hydrogens (primary N) is 1. The lowest BCUT2D eigenvalue weighted by atomic mass is 9.93. The first-order chi connectivity index (χ1) is 13.3. The molecule has 9 heteroatoms. The molecule has 0 saturated heterocycles. The minimum Gasteiger partial charge on any atom is -0.441 e. The van der Waals surface area contributed by atoms with Crippen LogP contribution in [0, 0.1) is 17.6 Å². The predicted molar refractivity (Wildman–Crippen MR) is 102 cm³/mol. The van der Waals surface area contributed by atoms with Crippen molar-refractivity contribution in [2.45, 2.75) is 12.8 Å². The molecule has 0 aliphatic carbocycles. The molecular weight excluding hydrogens is 411 g/mol. The zero-order chi connectivity index (χ0) is 20.4. The molecule has 1 unspecified atom stereocenters. The van der Waals surface area contributed by atoms with Crippen molar-refractivity contribution in [3.63, 3.8) is 0 Å². The van der Waals surface area contributed by atoms with E-state index in [0.29, 0.717) is 28.3 Å². The Bertz CT molecular complexity index is 997. The number of benzene rings is 1. The van der Waals surface area contributed by atoms with Crippen LogP contribution in [0.2, 0.25) is 10.2 Å². The monoisotopic (exact) mass is 427 g/mol. The number of hydrogen-bond donors (Lipinski definition) is 1. The topological polar surface area (TPSA) is 74.0 Å². The van der Waals surface area contributed by atoms with Crippen molar-refractivity contribution in [1.82, 2.24) is 9.78 Å². The van der Waals surface area contributed by atoms with Gasteiger partial charge in [-0.1, -0.05) is 17.7 Å². The van der Waals surface area contributed by atoms with Gasteiger partial charge in [0.2, 0.25) is 5.22 Å². The summed E-state index contributed by atoms with van der Waals surface area (Å²) >= 11 is 12.3. The summed E-state index contributed by atoms with van der Waals surface area (Å²) in [5.41, 5.74) is 7.31. The van der Waals surface area contributed by atoms with Crippen LogP contribution in [-0.2, 0) is 13.5 Å². The Morgan fingerprint density at radius 2 is 2.04 bits per heavy atom. The summed E-state index contributed by atoms with van der Waals surface area (Å²) in [4.78, 5) is 12.6. The number of carbonyl (C=O) groups excluding carboxylic acids is 1. The van der Waals surface area contributed by atoms with E-state index in [1.54, 1.807) is 7.05 Å². The second kappa shape index (κ2) is 8.43. The van der Waals surface area contributed by atoms with E-state index in [1.165, 1.54) is 23.0 Å². The Hall–Kier alpha value is -2.22. The van der Waals surface area contributed by atoms with Gasteiger partial charge in [0.25, 0.3) is 0 Å². The maximum atomic E-state index is 13.4. The highest BCUT2D eigenvalue weighted by atomic mass is 35.5. The molecule has 0 fully saturated rings. The number of furan rings is 1. The fraction of sp³-hybridized carbons (Fsp3) is 0.263. The summed E-state index contributed by atoms with van der Waals surface area (Å²) in [5.74, 6) is -2.36. The molecule has 3 rings (SSSR count). The third-order valence-electron chi connectivity index (χ3n) is 4.43. The van der Waals surface area contributed by atoms with Crippen LogP contribution in [0.15, 0.2) is 34.9 Å². The maximum absolute atomic E-state index is 13.4. The summed E-state index contributed by atoms with van der Waals surface area (Å²) in [6.45, 7) is 0.194. The smallest absolute Gasteiger partial charge is 0.203 e. The van der Waals surface area contributed by atoms with E-state index >= 15 is 0 Å². The third-order valence-corrected chi connectivity index (χ3v) is 4.98. The second-order valence-electron chi connectivity index (χ2n) is 6.44. The summed E-state index contributed by atoms with van der Waals surface area (Å²) in [6, 6.07) is 5.14. The molecule has 2 N–H and O–H groups in total. The predicted octanol–water partition coefficient (Wildman–Crippen LogP) is 4.66. The van der Waals surface area contributed by atoms with Crippen LogP contribution in [0.5, 0.6) is 0 Å². The number of aryl methyl sites for hydroxylation is 1. The normalized spacial score (nSPS) is 12.4. The number of halogens is 4. The van der Waals surface area contributed by atoms with Crippen LogP contribution >= 0.6 is 23.2 Å². The first-order valence-corrected chi connectivity index (χ1v) is 9.20. The van der Waals surface area contributed by atoms with Crippen LogP contribution in [0.4, 0.5) is 8.78 Å². The molecule has 28 heavy (non-hydrogen) atoms. The van der Waals surface area contributed by atoms with Gasteiger partial charge in [-0.05, 0) is 54.2 Å². The van der Waals surface area contributed by atoms with Crippen molar-refractivity contribution in [2.24, 2.45) is 18.7 Å². The summed E-state index contributed by atoms with van der Waals surface area (Å²) in [5, 5.41) is 4.44. The first kappa shape index (κ1) is 20.5. The van der Waals surface area contributed by atoms with Crippen LogP contribution in [0.25, 0.3) is 11.3 Å². The largest absolute Gasteiger partial charge is 0.441 e. The van der Waals surface area contributed by atoms with Crippen LogP contribution < -0.4 is 5.73 Å². The van der Waals surface area contributed by atoms with E-state index in [4.69, 9.17) is 33.4 Å². The number of aromatic nitrogens is 2. The number of ketones is 1. The molecule has 2 aromatic heterocycles. The van der Waals surface area contributed by atoms with Crippen molar-refractivity contribution in [3.8, 4) is 11.3 Å². The highest BCUT2D eigenvalue weighted by molar-refractivity contribution is 6.35. The van der Waals surface area contributed by atoms with Gasteiger partial charge in [-0.3, -0.25) is 9.48 Å². The van der Waals surface area contributed by atoms with E-state index < -0.39 is 11.6 Å². The van der Waals surface area contributed by atoms with E-state index in [9.17, 15) is 13.6 Å². The van der Waals surface area contributed by atoms with Crippen LogP contribution in [-0.4, -0.2) is 22.1 Å². The number of Topliss-reactive ketones (excluding diaryl/α,β-unsaturated/α-hetero) is 1. The summed E-state index contributed by atoms with van der Waals surface area (Å²) in [7, 11) is 1.69. The maximum Gasteiger partial charge on any atom is 0.203 e. The van der Waals surface area contributed by atoms with Crippen LogP contribution in [0.3, 0.4) is 0 Å². The first-order valence-electron chi connectivity index (χ1n) is 8.44. The molecule has 0 amide bonds. The zero-order valence-electron chi connectivity index (χ0n) is 14.9. The Balaban J connectivity index is 1.76. The van der Waals surface area contributed by atoms with Gasteiger partial charge in [0, 0.05) is 13.5 Å². The standard InChI is InChI=1S/C19H17Cl2F2N3O2/c1-26-18(13(20)9-25-26)12-7-17(28-19(12)21)16(27)6-11(8-24)4-10-2-3-14(22)15(23)5-10/h2-3,5,7,9,11H,4,6,8,24H2,1H3. The van der Waals surface area contributed by atoms with Gasteiger partial charge in [-0.25, -0.2) is 8.78 Å². The SMILES string of the molecule is Cn1ncc(Cl)c1-c1cc(C(=O)CC(CN)Cc2ccc(F)c(F)c2)oc1Cl. The number of rotatable bonds is 7. The molecular formula is C19H17Cl2F2N3O2. The van der Waals surface area contributed by atoms with E-state index in [1.807, 2.05) is 0 Å². The molecule has 0 spiro atoms. The molecule has 5 nitrogen and oxygen atoms in total. The average molecular weight is 428 g/mol. The molecule has 0 aliphatic rings.